The van der Waals surface area contributed by atoms with E-state index in [1.807, 2.05) is 42.5 Å². The van der Waals surface area contributed by atoms with Crippen molar-refractivity contribution in [2.45, 2.75) is 12.8 Å². The lowest BCUT2D eigenvalue weighted by Crippen LogP contribution is -2.40. The minimum absolute atomic E-state index is 0.244. The van der Waals surface area contributed by atoms with Gasteiger partial charge in [-0.25, -0.2) is 4.98 Å². The van der Waals surface area contributed by atoms with E-state index in [0.717, 1.165) is 10.9 Å². The Hall–Kier alpha value is -2.89. The molecule has 1 aliphatic rings. The number of nitrogens with zero attached hydrogens (tertiary/aromatic N) is 1. The summed E-state index contributed by atoms with van der Waals surface area (Å²) in [6, 6.07) is 11.5. The van der Waals surface area contributed by atoms with Gasteiger partial charge in [0, 0.05) is 11.5 Å². The Morgan fingerprint density at radius 1 is 1.12 bits per heavy atom. The van der Waals surface area contributed by atoms with Crippen molar-refractivity contribution in [2.75, 3.05) is 13.2 Å². The fourth-order valence-corrected chi connectivity index (χ4v) is 2.97. The zero-order chi connectivity index (χ0) is 17.6. The van der Waals surface area contributed by atoms with Crippen LogP contribution in [0.3, 0.4) is 0 Å². The number of ether oxygens (including phenoxy) is 1. The van der Waals surface area contributed by atoms with Crippen LogP contribution < -0.4 is 10.1 Å². The molecular formula is C19H20N2O4. The second-order valence-corrected chi connectivity index (χ2v) is 5.98. The van der Waals surface area contributed by atoms with Crippen LogP contribution >= 0.6 is 0 Å². The molecule has 0 bridgehead atoms. The van der Waals surface area contributed by atoms with E-state index in [2.05, 4.69) is 10.3 Å². The lowest BCUT2D eigenvalue weighted by Gasteiger charge is -2.24. The van der Waals surface area contributed by atoms with E-state index < -0.39 is 17.8 Å². The van der Waals surface area contributed by atoms with Gasteiger partial charge in [0.15, 0.2) is 0 Å². The number of pyridine rings is 1. The summed E-state index contributed by atoms with van der Waals surface area (Å²) in [6.07, 6.45) is 4.52. The smallest absolute Gasteiger partial charge is 0.307 e. The van der Waals surface area contributed by atoms with Gasteiger partial charge in [-0.15, -0.1) is 0 Å². The Kier molecular flexibility index (Phi) is 5.28. The van der Waals surface area contributed by atoms with E-state index in [4.69, 9.17) is 4.74 Å². The van der Waals surface area contributed by atoms with E-state index in [0.29, 0.717) is 25.3 Å². The van der Waals surface area contributed by atoms with Gasteiger partial charge in [0.1, 0.15) is 6.61 Å². The molecule has 130 valence electrons. The molecule has 6 heteroatoms. The first kappa shape index (κ1) is 17.0. The van der Waals surface area contributed by atoms with E-state index in [1.54, 1.807) is 6.07 Å². The molecular weight excluding hydrogens is 320 g/mol. The number of amides is 1. The summed E-state index contributed by atoms with van der Waals surface area (Å²) >= 11 is 0. The molecule has 1 aliphatic carbocycles. The molecule has 0 saturated heterocycles. The molecule has 0 radical (unpaired) electrons. The van der Waals surface area contributed by atoms with Crippen molar-refractivity contribution in [1.29, 1.82) is 0 Å². The van der Waals surface area contributed by atoms with Crippen molar-refractivity contribution in [1.82, 2.24) is 10.3 Å². The summed E-state index contributed by atoms with van der Waals surface area (Å²) in [7, 11) is 0. The van der Waals surface area contributed by atoms with Crippen molar-refractivity contribution in [2.24, 2.45) is 11.8 Å². The number of carboxylic acids is 1. The van der Waals surface area contributed by atoms with E-state index in [-0.39, 0.29) is 12.5 Å². The molecule has 2 aromatic rings. The maximum Gasteiger partial charge on any atom is 0.307 e. The van der Waals surface area contributed by atoms with Gasteiger partial charge in [0.05, 0.1) is 23.9 Å². The van der Waals surface area contributed by atoms with Gasteiger partial charge in [-0.05, 0) is 25.0 Å². The van der Waals surface area contributed by atoms with E-state index in [1.165, 1.54) is 0 Å². The van der Waals surface area contributed by atoms with Crippen molar-refractivity contribution < 1.29 is 19.4 Å². The summed E-state index contributed by atoms with van der Waals surface area (Å²) in [5.41, 5.74) is 0.849. The maximum atomic E-state index is 12.2. The molecule has 0 saturated carbocycles. The number of aromatic nitrogens is 1. The molecule has 0 spiro atoms. The first-order valence-corrected chi connectivity index (χ1v) is 8.29. The van der Waals surface area contributed by atoms with Gasteiger partial charge in [-0.3, -0.25) is 9.59 Å². The van der Waals surface area contributed by atoms with Crippen LogP contribution in [0, 0.1) is 11.8 Å². The quantitative estimate of drug-likeness (QED) is 0.623. The number of rotatable bonds is 6. The fourth-order valence-electron chi connectivity index (χ4n) is 2.97. The van der Waals surface area contributed by atoms with Gasteiger partial charge < -0.3 is 15.2 Å². The number of carbonyl (C=O) groups is 2. The first-order chi connectivity index (χ1) is 12.1. The predicted molar refractivity (Wildman–Crippen MR) is 93.2 cm³/mol. The number of allylic oxidation sites excluding steroid dienone is 2. The van der Waals surface area contributed by atoms with Crippen LogP contribution in [0.25, 0.3) is 10.9 Å². The third-order valence-electron chi connectivity index (χ3n) is 4.31. The largest absolute Gasteiger partial charge is 0.481 e. The molecule has 2 N–H and O–H groups in total. The van der Waals surface area contributed by atoms with Crippen LogP contribution in [-0.4, -0.2) is 35.1 Å². The van der Waals surface area contributed by atoms with E-state index in [9.17, 15) is 14.7 Å². The highest BCUT2D eigenvalue weighted by Gasteiger charge is 2.33. The number of hydrogen-bond donors (Lipinski definition) is 2. The number of aliphatic carboxylic acids is 1. The molecule has 0 fully saturated rings. The Balaban J connectivity index is 1.49. The minimum Gasteiger partial charge on any atom is -0.481 e. The highest BCUT2D eigenvalue weighted by Crippen LogP contribution is 2.26. The Morgan fingerprint density at radius 3 is 2.68 bits per heavy atom. The molecule has 0 aliphatic heterocycles. The van der Waals surface area contributed by atoms with E-state index >= 15 is 0 Å². The van der Waals surface area contributed by atoms with Crippen LogP contribution in [0.4, 0.5) is 0 Å². The normalized spacial score (nSPS) is 19.5. The minimum atomic E-state index is -0.930. The lowest BCUT2D eigenvalue weighted by atomic mass is 9.82. The third kappa shape index (κ3) is 4.15. The van der Waals surface area contributed by atoms with Gasteiger partial charge in [-0.1, -0.05) is 30.4 Å². The monoisotopic (exact) mass is 340 g/mol. The van der Waals surface area contributed by atoms with Crippen molar-refractivity contribution in [3.63, 3.8) is 0 Å². The summed E-state index contributed by atoms with van der Waals surface area (Å²) in [6.45, 7) is 0.581. The molecule has 1 aromatic carbocycles. The fraction of sp³-hybridized carbons (Fsp3) is 0.316. The zero-order valence-corrected chi connectivity index (χ0v) is 13.7. The van der Waals surface area contributed by atoms with Crippen LogP contribution in [0.5, 0.6) is 5.88 Å². The van der Waals surface area contributed by atoms with Gasteiger partial charge in [0.2, 0.25) is 11.8 Å². The molecule has 6 nitrogen and oxygen atoms in total. The third-order valence-corrected chi connectivity index (χ3v) is 4.31. The highest BCUT2D eigenvalue weighted by molar-refractivity contribution is 5.85. The van der Waals surface area contributed by atoms with Crippen LogP contribution in [-0.2, 0) is 9.59 Å². The summed E-state index contributed by atoms with van der Waals surface area (Å²) in [5, 5.41) is 13.0. The second kappa shape index (κ2) is 7.79. The Labute approximate surface area is 145 Å². The zero-order valence-electron chi connectivity index (χ0n) is 13.7. The van der Waals surface area contributed by atoms with Gasteiger partial charge in [-0.2, -0.15) is 0 Å². The van der Waals surface area contributed by atoms with Gasteiger partial charge in [0.25, 0.3) is 0 Å². The summed E-state index contributed by atoms with van der Waals surface area (Å²) in [4.78, 5) is 27.9. The Morgan fingerprint density at radius 2 is 1.88 bits per heavy atom. The summed E-state index contributed by atoms with van der Waals surface area (Å²) in [5.74, 6) is -1.86. The number of para-hydroxylation sites is 1. The SMILES string of the molecule is O=C(O)[C@H]1CC=CC[C@H]1C(=O)NCCOc1ccc2ccccc2n1. The maximum absolute atomic E-state index is 12.2. The summed E-state index contributed by atoms with van der Waals surface area (Å²) < 4.78 is 5.57. The highest BCUT2D eigenvalue weighted by atomic mass is 16.5. The molecule has 25 heavy (non-hydrogen) atoms. The molecule has 2 atom stereocenters. The van der Waals surface area contributed by atoms with Crippen molar-refractivity contribution in [3.05, 3.63) is 48.6 Å². The van der Waals surface area contributed by atoms with Crippen LogP contribution in [0.1, 0.15) is 12.8 Å². The molecule has 3 rings (SSSR count). The average molecular weight is 340 g/mol. The van der Waals surface area contributed by atoms with Crippen molar-refractivity contribution >= 4 is 22.8 Å². The standard InChI is InChI=1S/C19H20N2O4/c22-18(14-6-2-3-7-15(14)19(23)24)20-11-12-25-17-10-9-13-5-1-4-8-16(13)21-17/h1-5,8-10,14-15H,6-7,11-12H2,(H,20,22)(H,23,24)/t14-,15+/m1/s1. The van der Waals surface area contributed by atoms with Crippen LogP contribution in [0.2, 0.25) is 0 Å². The molecule has 1 heterocycles. The predicted octanol–water partition coefficient (Wildman–Crippen LogP) is 2.40. The number of fused-ring (bicyclic) bond motifs is 1. The molecule has 1 amide bonds. The number of benzene rings is 1. The second-order valence-electron chi connectivity index (χ2n) is 5.98. The topological polar surface area (TPSA) is 88.5 Å². The molecule has 0 unspecified atom stereocenters. The average Bonchev–Trinajstić information content (AvgIpc) is 2.65. The molecule has 1 aromatic heterocycles. The number of hydrogen-bond acceptors (Lipinski definition) is 4. The van der Waals surface area contributed by atoms with Crippen LogP contribution in [0.15, 0.2) is 48.6 Å². The van der Waals surface area contributed by atoms with Gasteiger partial charge >= 0.3 is 5.97 Å². The Bertz CT molecular complexity index is 803. The van der Waals surface area contributed by atoms with Crippen molar-refractivity contribution in [3.8, 4) is 5.88 Å². The number of nitrogens with one attached hydrogen (secondary N) is 1. The number of carboxylic acid groups (broad SMARTS) is 1. The number of carbonyl (C=O) groups excluding carboxylic acids is 1. The first-order valence-electron chi connectivity index (χ1n) is 8.29. The lowest BCUT2D eigenvalue weighted by molar-refractivity contribution is -0.147.